The fraction of sp³-hybridized carbons (Fsp3) is 0.0909. The zero-order chi connectivity index (χ0) is 22.5. The van der Waals surface area contributed by atoms with Crippen LogP contribution in [0.4, 0.5) is 5.69 Å². The SMILES string of the molecule is O=C(OCc1ccco1)/C(=C/c1ccc2c(c1)OCO2)NC(=O)c1cccc([N+](=O)[O-])c1. The number of non-ortho nitro benzene ring substituents is 1. The minimum absolute atomic E-state index is 0.00891. The fourth-order valence-corrected chi connectivity index (χ4v) is 2.88. The van der Waals surface area contributed by atoms with E-state index in [1.807, 2.05) is 0 Å². The molecule has 32 heavy (non-hydrogen) atoms. The predicted molar refractivity (Wildman–Crippen MR) is 110 cm³/mol. The van der Waals surface area contributed by atoms with Gasteiger partial charge in [0, 0.05) is 17.7 Å². The molecular formula is C22H16N2O8. The quantitative estimate of drug-likeness (QED) is 0.258. The van der Waals surface area contributed by atoms with Crippen molar-refractivity contribution in [3.8, 4) is 11.5 Å². The molecule has 0 fully saturated rings. The third-order valence-corrected chi connectivity index (χ3v) is 4.42. The maximum Gasteiger partial charge on any atom is 0.355 e. The highest BCUT2D eigenvalue weighted by Gasteiger charge is 2.19. The summed E-state index contributed by atoms with van der Waals surface area (Å²) in [5.41, 5.74) is 0.124. The van der Waals surface area contributed by atoms with Gasteiger partial charge in [0.05, 0.1) is 11.2 Å². The van der Waals surface area contributed by atoms with E-state index in [-0.39, 0.29) is 30.3 Å². The average molecular weight is 436 g/mol. The molecule has 1 aliphatic heterocycles. The van der Waals surface area contributed by atoms with Crippen LogP contribution in [-0.2, 0) is 16.1 Å². The molecule has 1 amide bonds. The van der Waals surface area contributed by atoms with Crippen molar-refractivity contribution in [3.05, 3.63) is 93.6 Å². The third kappa shape index (κ3) is 4.75. The van der Waals surface area contributed by atoms with Crippen LogP contribution < -0.4 is 14.8 Å². The van der Waals surface area contributed by atoms with Gasteiger partial charge in [0.2, 0.25) is 6.79 Å². The summed E-state index contributed by atoms with van der Waals surface area (Å²) in [7, 11) is 0. The van der Waals surface area contributed by atoms with Crippen LogP contribution in [0, 0.1) is 10.1 Å². The normalized spacial score (nSPS) is 12.3. The number of nitro groups is 1. The Bertz CT molecular complexity index is 1200. The van der Waals surface area contributed by atoms with Crippen molar-refractivity contribution in [1.82, 2.24) is 5.32 Å². The molecule has 0 atom stereocenters. The summed E-state index contributed by atoms with van der Waals surface area (Å²) in [6.07, 6.45) is 2.85. The number of ether oxygens (including phenoxy) is 3. The van der Waals surface area contributed by atoms with E-state index in [9.17, 15) is 19.7 Å². The van der Waals surface area contributed by atoms with Crippen molar-refractivity contribution < 1.29 is 33.1 Å². The number of benzene rings is 2. The Kier molecular flexibility index (Phi) is 5.84. The Labute approximate surface area is 181 Å². The summed E-state index contributed by atoms with van der Waals surface area (Å²) in [5, 5.41) is 13.5. The zero-order valence-corrected chi connectivity index (χ0v) is 16.5. The molecule has 1 N–H and O–H groups in total. The lowest BCUT2D eigenvalue weighted by atomic mass is 10.1. The Morgan fingerprint density at radius 2 is 1.94 bits per heavy atom. The molecular weight excluding hydrogens is 420 g/mol. The van der Waals surface area contributed by atoms with Crippen molar-refractivity contribution in [2.24, 2.45) is 0 Å². The molecule has 0 unspecified atom stereocenters. The van der Waals surface area contributed by atoms with Crippen molar-refractivity contribution in [2.45, 2.75) is 6.61 Å². The topological polar surface area (TPSA) is 130 Å². The number of fused-ring (bicyclic) bond motifs is 1. The number of nitrogens with one attached hydrogen (secondary N) is 1. The highest BCUT2D eigenvalue weighted by atomic mass is 16.7. The van der Waals surface area contributed by atoms with Crippen LogP contribution >= 0.6 is 0 Å². The van der Waals surface area contributed by atoms with Gasteiger partial charge in [0.15, 0.2) is 11.5 Å². The Hall–Kier alpha value is -4.60. The molecule has 3 aromatic rings. The maximum absolute atomic E-state index is 12.7. The number of esters is 1. The highest BCUT2D eigenvalue weighted by molar-refractivity contribution is 6.03. The zero-order valence-electron chi connectivity index (χ0n) is 16.5. The third-order valence-electron chi connectivity index (χ3n) is 4.42. The molecule has 1 aromatic heterocycles. The van der Waals surface area contributed by atoms with E-state index in [4.69, 9.17) is 18.6 Å². The summed E-state index contributed by atoms with van der Waals surface area (Å²) in [5.74, 6) is -0.0592. The molecule has 1 aliphatic rings. The molecule has 10 heteroatoms. The lowest BCUT2D eigenvalue weighted by Gasteiger charge is -2.10. The number of nitro benzene ring substituents is 1. The lowest BCUT2D eigenvalue weighted by Crippen LogP contribution is -2.28. The molecule has 0 aliphatic carbocycles. The van der Waals surface area contributed by atoms with Crippen LogP contribution in [0.3, 0.4) is 0 Å². The van der Waals surface area contributed by atoms with Gasteiger partial charge in [-0.3, -0.25) is 14.9 Å². The van der Waals surface area contributed by atoms with E-state index >= 15 is 0 Å². The van der Waals surface area contributed by atoms with E-state index < -0.39 is 16.8 Å². The summed E-state index contributed by atoms with van der Waals surface area (Å²) in [6, 6.07) is 13.4. The second kappa shape index (κ2) is 9.04. The lowest BCUT2D eigenvalue weighted by molar-refractivity contribution is -0.384. The van der Waals surface area contributed by atoms with Crippen LogP contribution in [0.25, 0.3) is 6.08 Å². The number of hydrogen-bond acceptors (Lipinski definition) is 8. The van der Waals surface area contributed by atoms with Crippen LogP contribution in [0.15, 0.2) is 71.0 Å². The minimum Gasteiger partial charge on any atom is -0.466 e. The summed E-state index contributed by atoms with van der Waals surface area (Å²) in [4.78, 5) is 35.8. The number of amides is 1. The number of carbonyl (C=O) groups excluding carboxylic acids is 2. The summed E-state index contributed by atoms with van der Waals surface area (Å²) >= 11 is 0. The van der Waals surface area contributed by atoms with Crippen molar-refractivity contribution >= 4 is 23.6 Å². The second-order valence-corrected chi connectivity index (χ2v) is 6.59. The van der Waals surface area contributed by atoms with E-state index in [2.05, 4.69) is 5.32 Å². The summed E-state index contributed by atoms with van der Waals surface area (Å²) < 4.78 is 21.0. The Morgan fingerprint density at radius 1 is 1.09 bits per heavy atom. The molecule has 0 saturated carbocycles. The molecule has 2 heterocycles. The van der Waals surface area contributed by atoms with Gasteiger partial charge in [-0.15, -0.1) is 0 Å². The first-order valence-corrected chi connectivity index (χ1v) is 9.36. The molecule has 0 bridgehead atoms. The second-order valence-electron chi connectivity index (χ2n) is 6.59. The van der Waals surface area contributed by atoms with Crippen LogP contribution in [0.5, 0.6) is 11.5 Å². The maximum atomic E-state index is 12.7. The molecule has 0 saturated heterocycles. The molecule has 162 valence electrons. The monoisotopic (exact) mass is 436 g/mol. The minimum atomic E-state index is -0.821. The van der Waals surface area contributed by atoms with Crippen molar-refractivity contribution in [2.75, 3.05) is 6.79 Å². The first-order chi connectivity index (χ1) is 15.5. The van der Waals surface area contributed by atoms with Crippen LogP contribution in [-0.4, -0.2) is 23.6 Å². The van der Waals surface area contributed by atoms with Gasteiger partial charge in [0.25, 0.3) is 11.6 Å². The fourth-order valence-electron chi connectivity index (χ4n) is 2.88. The molecule has 10 nitrogen and oxygen atoms in total. The van der Waals surface area contributed by atoms with E-state index in [1.165, 1.54) is 30.5 Å². The van der Waals surface area contributed by atoms with E-state index in [1.54, 1.807) is 30.3 Å². The molecule has 0 spiro atoms. The van der Waals surface area contributed by atoms with Crippen molar-refractivity contribution in [1.29, 1.82) is 0 Å². The molecule has 0 radical (unpaired) electrons. The number of nitrogens with zero attached hydrogens (tertiary/aromatic N) is 1. The van der Waals surface area contributed by atoms with Gasteiger partial charge in [-0.1, -0.05) is 12.1 Å². The predicted octanol–water partition coefficient (Wildman–Crippen LogP) is 3.43. The standard InChI is InChI=1S/C22H16N2O8/c25-21(15-3-1-4-16(11-15)24(27)28)23-18(22(26)30-12-17-5-2-8-29-17)9-14-6-7-19-20(10-14)32-13-31-19/h1-11H,12-13H2,(H,23,25)/b18-9-. The average Bonchev–Trinajstić information content (AvgIpc) is 3.48. The first-order valence-electron chi connectivity index (χ1n) is 9.36. The van der Waals surface area contributed by atoms with E-state index in [0.29, 0.717) is 22.8 Å². The van der Waals surface area contributed by atoms with Gasteiger partial charge in [-0.05, 0) is 42.0 Å². The number of carbonyl (C=O) groups is 2. The highest BCUT2D eigenvalue weighted by Crippen LogP contribution is 2.33. The number of furan rings is 1. The van der Waals surface area contributed by atoms with Crippen molar-refractivity contribution in [3.63, 3.8) is 0 Å². The summed E-state index contributed by atoms with van der Waals surface area (Å²) in [6.45, 7) is -0.0545. The van der Waals surface area contributed by atoms with Gasteiger partial charge in [-0.2, -0.15) is 0 Å². The van der Waals surface area contributed by atoms with Crippen LogP contribution in [0.2, 0.25) is 0 Å². The Morgan fingerprint density at radius 3 is 2.72 bits per heavy atom. The van der Waals surface area contributed by atoms with Gasteiger partial charge in [-0.25, -0.2) is 4.79 Å². The smallest absolute Gasteiger partial charge is 0.355 e. The first kappa shape index (κ1) is 20.7. The molecule has 2 aromatic carbocycles. The van der Waals surface area contributed by atoms with Crippen LogP contribution in [0.1, 0.15) is 21.7 Å². The van der Waals surface area contributed by atoms with Gasteiger partial charge in [0.1, 0.15) is 18.1 Å². The molecule has 4 rings (SSSR count). The van der Waals surface area contributed by atoms with Gasteiger partial charge >= 0.3 is 5.97 Å². The van der Waals surface area contributed by atoms with Gasteiger partial charge < -0.3 is 23.9 Å². The number of hydrogen-bond donors (Lipinski definition) is 1. The Balaban J connectivity index is 1.59. The number of rotatable bonds is 7. The largest absolute Gasteiger partial charge is 0.466 e. The van der Waals surface area contributed by atoms with E-state index in [0.717, 1.165) is 6.07 Å².